The molecule has 9 heteroatoms. The second-order valence-electron chi connectivity index (χ2n) is 5.44. The van der Waals surface area contributed by atoms with Crippen LogP contribution in [0.25, 0.3) is 16.9 Å². The molecule has 0 spiro atoms. The molecule has 2 heterocycles. The van der Waals surface area contributed by atoms with Gasteiger partial charge in [0.05, 0.1) is 16.3 Å². The zero-order chi connectivity index (χ0) is 18.1. The summed E-state index contributed by atoms with van der Waals surface area (Å²) in [4.78, 5) is 26.0. The van der Waals surface area contributed by atoms with E-state index in [2.05, 4.69) is 20.9 Å². The number of nitro benzene ring substituents is 1. The number of rotatable bonds is 5. The topological polar surface area (TPSA) is 124 Å². The van der Waals surface area contributed by atoms with E-state index in [-0.39, 0.29) is 12.1 Å². The molecule has 8 nitrogen and oxygen atoms in total. The Kier molecular flexibility index (Phi) is 4.51. The Morgan fingerprint density at radius 2 is 2.00 bits per heavy atom. The van der Waals surface area contributed by atoms with Crippen LogP contribution in [0.2, 0.25) is 0 Å². The van der Waals surface area contributed by atoms with E-state index in [1.54, 1.807) is 28.8 Å². The molecule has 3 aromatic rings. The molecular formula is C16H13BrN4O4. The van der Waals surface area contributed by atoms with Crippen LogP contribution in [0.4, 0.5) is 5.69 Å². The van der Waals surface area contributed by atoms with E-state index in [1.807, 2.05) is 6.07 Å². The number of nitrogens with zero attached hydrogens (tertiary/aromatic N) is 3. The third-order valence-electron chi connectivity index (χ3n) is 3.76. The summed E-state index contributed by atoms with van der Waals surface area (Å²) in [7, 11) is 0. The molecule has 0 bridgehead atoms. The predicted molar refractivity (Wildman–Crippen MR) is 94.3 cm³/mol. The van der Waals surface area contributed by atoms with Gasteiger partial charge >= 0.3 is 5.97 Å². The highest BCUT2D eigenvalue weighted by Crippen LogP contribution is 2.28. The summed E-state index contributed by atoms with van der Waals surface area (Å²) in [6.07, 6.45) is 1.85. The summed E-state index contributed by atoms with van der Waals surface area (Å²) < 4.78 is 2.57. The number of aliphatic carboxylic acids is 1. The predicted octanol–water partition coefficient (Wildman–Crippen LogP) is 2.63. The Labute approximate surface area is 150 Å². The van der Waals surface area contributed by atoms with Crippen molar-refractivity contribution in [1.29, 1.82) is 0 Å². The molecule has 2 aromatic heterocycles. The largest absolute Gasteiger partial charge is 0.480 e. The van der Waals surface area contributed by atoms with Gasteiger partial charge in [0.2, 0.25) is 0 Å². The minimum absolute atomic E-state index is 0.0287. The van der Waals surface area contributed by atoms with Crippen LogP contribution >= 0.6 is 15.9 Å². The highest BCUT2D eigenvalue weighted by molar-refractivity contribution is 9.10. The molecule has 25 heavy (non-hydrogen) atoms. The number of carbonyl (C=O) groups is 1. The Balaban J connectivity index is 2.15. The van der Waals surface area contributed by atoms with Crippen molar-refractivity contribution in [3.63, 3.8) is 0 Å². The van der Waals surface area contributed by atoms with Crippen LogP contribution in [0.1, 0.15) is 5.69 Å². The molecule has 0 aliphatic rings. The number of carboxylic acid groups (broad SMARTS) is 1. The van der Waals surface area contributed by atoms with E-state index >= 15 is 0 Å². The summed E-state index contributed by atoms with van der Waals surface area (Å²) >= 11 is 3.38. The maximum atomic E-state index is 11.2. The monoisotopic (exact) mass is 404 g/mol. The van der Waals surface area contributed by atoms with Gasteiger partial charge < -0.3 is 15.2 Å². The van der Waals surface area contributed by atoms with Crippen LogP contribution in [0, 0.1) is 10.1 Å². The first-order valence-corrected chi connectivity index (χ1v) is 8.06. The Morgan fingerprint density at radius 3 is 2.60 bits per heavy atom. The lowest BCUT2D eigenvalue weighted by Crippen LogP contribution is -2.32. The zero-order valence-electron chi connectivity index (χ0n) is 12.8. The fraction of sp³-hybridized carbons (Fsp3) is 0.125. The molecule has 0 saturated heterocycles. The van der Waals surface area contributed by atoms with Crippen LogP contribution in [0.15, 0.2) is 47.1 Å². The fourth-order valence-electron chi connectivity index (χ4n) is 2.53. The minimum Gasteiger partial charge on any atom is -0.480 e. The molecule has 0 radical (unpaired) electrons. The van der Waals surface area contributed by atoms with E-state index < -0.39 is 16.9 Å². The molecule has 1 unspecified atom stereocenters. The molecule has 0 amide bonds. The van der Waals surface area contributed by atoms with E-state index in [9.17, 15) is 14.9 Å². The van der Waals surface area contributed by atoms with Crippen LogP contribution in [0.3, 0.4) is 0 Å². The first-order valence-electron chi connectivity index (χ1n) is 7.26. The lowest BCUT2D eigenvalue weighted by atomic mass is 10.1. The SMILES string of the molecule is NC(Cc1c(-c2ccc([N+](=O)[O-])cc2)nc2ccc(Br)cn12)C(=O)O. The number of hydrogen-bond donors (Lipinski definition) is 2. The summed E-state index contributed by atoms with van der Waals surface area (Å²) in [6.45, 7) is 0. The van der Waals surface area contributed by atoms with Gasteiger partial charge in [-0.15, -0.1) is 0 Å². The number of non-ortho nitro benzene ring substituents is 1. The van der Waals surface area contributed by atoms with Gasteiger partial charge in [0.1, 0.15) is 11.7 Å². The summed E-state index contributed by atoms with van der Waals surface area (Å²) in [5.74, 6) is -1.11. The second-order valence-corrected chi connectivity index (χ2v) is 6.35. The van der Waals surface area contributed by atoms with Crippen LogP contribution in [-0.4, -0.2) is 31.4 Å². The van der Waals surface area contributed by atoms with Gasteiger partial charge in [-0.2, -0.15) is 0 Å². The number of imidazole rings is 1. The second kappa shape index (κ2) is 6.61. The highest BCUT2D eigenvalue weighted by Gasteiger charge is 2.21. The fourth-order valence-corrected chi connectivity index (χ4v) is 2.87. The third kappa shape index (κ3) is 3.37. The molecule has 3 rings (SSSR count). The molecule has 3 N–H and O–H groups in total. The van der Waals surface area contributed by atoms with Gasteiger partial charge in [0, 0.05) is 34.8 Å². The van der Waals surface area contributed by atoms with Crippen molar-refractivity contribution in [1.82, 2.24) is 9.38 Å². The van der Waals surface area contributed by atoms with Gasteiger partial charge in [0.25, 0.3) is 5.69 Å². The Morgan fingerprint density at radius 1 is 1.32 bits per heavy atom. The first-order chi connectivity index (χ1) is 11.9. The lowest BCUT2D eigenvalue weighted by molar-refractivity contribution is -0.384. The molecule has 1 atom stereocenters. The third-order valence-corrected chi connectivity index (χ3v) is 4.23. The van der Waals surface area contributed by atoms with E-state index in [0.717, 1.165) is 4.47 Å². The molecule has 0 fully saturated rings. The summed E-state index contributed by atoms with van der Waals surface area (Å²) in [5, 5.41) is 19.9. The van der Waals surface area contributed by atoms with Crippen LogP contribution in [-0.2, 0) is 11.2 Å². The number of aromatic nitrogens is 2. The van der Waals surface area contributed by atoms with Crippen molar-refractivity contribution < 1.29 is 14.8 Å². The number of nitrogens with two attached hydrogens (primary N) is 1. The smallest absolute Gasteiger partial charge is 0.320 e. The molecule has 0 aliphatic heterocycles. The number of halogens is 1. The summed E-state index contributed by atoms with van der Waals surface area (Å²) in [6, 6.07) is 8.47. The summed E-state index contributed by atoms with van der Waals surface area (Å²) in [5.41, 5.74) is 8.13. The number of carboxylic acids is 1. The quantitative estimate of drug-likeness (QED) is 0.497. The van der Waals surface area contributed by atoms with Gasteiger partial charge in [0.15, 0.2) is 0 Å². The van der Waals surface area contributed by atoms with Crippen molar-refractivity contribution >= 4 is 33.2 Å². The van der Waals surface area contributed by atoms with Crippen molar-refractivity contribution in [2.75, 3.05) is 0 Å². The van der Waals surface area contributed by atoms with Gasteiger partial charge in [-0.3, -0.25) is 14.9 Å². The number of benzene rings is 1. The number of fused-ring (bicyclic) bond motifs is 1. The maximum Gasteiger partial charge on any atom is 0.320 e. The lowest BCUT2D eigenvalue weighted by Gasteiger charge is -2.09. The Bertz CT molecular complexity index is 968. The van der Waals surface area contributed by atoms with Gasteiger partial charge in [-0.05, 0) is 40.2 Å². The number of nitro groups is 1. The van der Waals surface area contributed by atoms with Gasteiger partial charge in [-0.25, -0.2) is 4.98 Å². The number of hydrogen-bond acceptors (Lipinski definition) is 5. The van der Waals surface area contributed by atoms with E-state index in [4.69, 9.17) is 10.8 Å². The van der Waals surface area contributed by atoms with E-state index in [1.165, 1.54) is 12.1 Å². The Hall–Kier alpha value is -2.78. The average molecular weight is 405 g/mol. The molecule has 1 aromatic carbocycles. The average Bonchev–Trinajstić information content (AvgIpc) is 2.92. The van der Waals surface area contributed by atoms with Crippen LogP contribution < -0.4 is 5.73 Å². The zero-order valence-corrected chi connectivity index (χ0v) is 14.4. The molecule has 128 valence electrons. The standard InChI is InChI=1S/C16H13BrN4O4/c17-10-3-6-14-19-15(9-1-4-11(5-2-9)21(24)25)13(20(14)8-10)7-12(18)16(22)23/h1-6,8,12H,7,18H2,(H,22,23). The van der Waals surface area contributed by atoms with E-state index in [0.29, 0.717) is 22.6 Å². The normalized spacial score (nSPS) is 12.2. The van der Waals surface area contributed by atoms with Gasteiger partial charge in [-0.1, -0.05) is 0 Å². The molecule has 0 saturated carbocycles. The van der Waals surface area contributed by atoms with Crippen LogP contribution in [0.5, 0.6) is 0 Å². The van der Waals surface area contributed by atoms with Crippen molar-refractivity contribution in [3.8, 4) is 11.3 Å². The van der Waals surface area contributed by atoms with Crippen molar-refractivity contribution in [2.24, 2.45) is 5.73 Å². The maximum absolute atomic E-state index is 11.2. The minimum atomic E-state index is -1.11. The molecule has 0 aliphatic carbocycles. The van der Waals surface area contributed by atoms with Crippen molar-refractivity contribution in [2.45, 2.75) is 12.5 Å². The van der Waals surface area contributed by atoms with Crippen molar-refractivity contribution in [3.05, 3.63) is 62.9 Å². The number of pyridine rings is 1. The molecular weight excluding hydrogens is 392 g/mol. The highest BCUT2D eigenvalue weighted by atomic mass is 79.9. The first kappa shape index (κ1) is 17.1.